The summed E-state index contributed by atoms with van der Waals surface area (Å²) in [5.74, 6) is 0.338. The first-order chi connectivity index (χ1) is 8.91. The van der Waals surface area contributed by atoms with Crippen LogP contribution in [-0.2, 0) is 6.18 Å². The van der Waals surface area contributed by atoms with Crippen LogP contribution < -0.4 is 5.32 Å². The van der Waals surface area contributed by atoms with Gasteiger partial charge >= 0.3 is 6.18 Å². The molecule has 0 aliphatic heterocycles. The molecule has 1 atom stereocenters. The Morgan fingerprint density at radius 1 is 1.47 bits per heavy atom. The van der Waals surface area contributed by atoms with E-state index >= 15 is 0 Å². The lowest BCUT2D eigenvalue weighted by atomic mass is 10.3. The van der Waals surface area contributed by atoms with Crippen molar-refractivity contribution < 1.29 is 13.2 Å². The van der Waals surface area contributed by atoms with Crippen LogP contribution in [0, 0.1) is 0 Å². The van der Waals surface area contributed by atoms with Gasteiger partial charge in [0.1, 0.15) is 5.52 Å². The van der Waals surface area contributed by atoms with E-state index in [1.165, 1.54) is 12.4 Å². The zero-order valence-corrected chi connectivity index (χ0v) is 10.8. The zero-order chi connectivity index (χ0) is 14.0. The number of halogens is 4. The molecule has 2 rings (SSSR count). The second-order valence-corrected chi connectivity index (χ2v) is 4.64. The van der Waals surface area contributed by atoms with Gasteiger partial charge in [0.25, 0.3) is 0 Å². The second kappa shape index (κ2) is 5.24. The van der Waals surface area contributed by atoms with Crippen LogP contribution in [0.25, 0.3) is 5.52 Å². The standard InChI is InChI=1S/C11H12ClF3N4/c1-2-7(12)6-17-10-8-5-9(11(13,14)15)18-19(8)4-3-16-10/h3-5,7H,2,6H2,1H3,(H,16,17). The molecule has 0 aromatic carbocycles. The van der Waals surface area contributed by atoms with Gasteiger partial charge in [0, 0.05) is 25.0 Å². The summed E-state index contributed by atoms with van der Waals surface area (Å²) in [7, 11) is 0. The molecule has 0 aliphatic rings. The number of rotatable bonds is 4. The molecule has 0 saturated heterocycles. The fourth-order valence-electron chi connectivity index (χ4n) is 1.55. The molecule has 0 amide bonds. The minimum Gasteiger partial charge on any atom is -0.367 e. The van der Waals surface area contributed by atoms with Gasteiger partial charge in [0.05, 0.1) is 5.38 Å². The first kappa shape index (κ1) is 13.9. The quantitative estimate of drug-likeness (QED) is 0.880. The maximum absolute atomic E-state index is 12.6. The van der Waals surface area contributed by atoms with E-state index in [9.17, 15) is 13.2 Å². The number of nitrogens with one attached hydrogen (secondary N) is 1. The average molecular weight is 293 g/mol. The molecule has 0 bridgehead atoms. The Balaban J connectivity index is 2.32. The van der Waals surface area contributed by atoms with Gasteiger partial charge in [0.2, 0.25) is 0 Å². The van der Waals surface area contributed by atoms with Gasteiger partial charge in [-0.05, 0) is 6.42 Å². The molecule has 0 saturated carbocycles. The molecule has 2 aromatic rings. The highest BCUT2D eigenvalue weighted by molar-refractivity contribution is 6.20. The van der Waals surface area contributed by atoms with Gasteiger partial charge < -0.3 is 5.32 Å². The maximum atomic E-state index is 12.6. The number of fused-ring (bicyclic) bond motifs is 1. The van der Waals surface area contributed by atoms with Crippen LogP contribution in [0.2, 0.25) is 0 Å². The van der Waals surface area contributed by atoms with Crippen molar-refractivity contribution in [1.29, 1.82) is 0 Å². The van der Waals surface area contributed by atoms with Crippen molar-refractivity contribution in [2.75, 3.05) is 11.9 Å². The van der Waals surface area contributed by atoms with E-state index in [1.807, 2.05) is 6.92 Å². The molecular formula is C11H12ClF3N4. The summed E-state index contributed by atoms with van der Waals surface area (Å²) < 4.78 is 38.9. The Morgan fingerprint density at radius 2 is 2.21 bits per heavy atom. The first-order valence-corrected chi connectivity index (χ1v) is 6.15. The third-order valence-corrected chi connectivity index (χ3v) is 3.08. The topological polar surface area (TPSA) is 42.2 Å². The Kier molecular flexibility index (Phi) is 3.84. The molecule has 0 radical (unpaired) electrons. The number of hydrogen-bond acceptors (Lipinski definition) is 3. The molecule has 4 nitrogen and oxygen atoms in total. The summed E-state index contributed by atoms with van der Waals surface area (Å²) in [6, 6.07) is 0.963. The first-order valence-electron chi connectivity index (χ1n) is 5.71. The summed E-state index contributed by atoms with van der Waals surface area (Å²) in [6.07, 6.45) is -0.960. The summed E-state index contributed by atoms with van der Waals surface area (Å²) in [6.45, 7) is 2.35. The van der Waals surface area contributed by atoms with Gasteiger partial charge in [-0.25, -0.2) is 9.50 Å². The molecule has 2 aromatic heterocycles. The Bertz CT molecular complexity index is 567. The molecule has 8 heteroatoms. The molecular weight excluding hydrogens is 281 g/mol. The van der Waals surface area contributed by atoms with Gasteiger partial charge in [-0.1, -0.05) is 6.92 Å². The van der Waals surface area contributed by atoms with Crippen LogP contribution in [0.5, 0.6) is 0 Å². The average Bonchev–Trinajstić information content (AvgIpc) is 2.80. The number of hydrogen-bond donors (Lipinski definition) is 1. The number of anilines is 1. The Morgan fingerprint density at radius 3 is 2.84 bits per heavy atom. The summed E-state index contributed by atoms with van der Waals surface area (Å²) in [4.78, 5) is 4.01. The zero-order valence-electron chi connectivity index (χ0n) is 10.1. The van der Waals surface area contributed by atoms with Crippen LogP contribution in [0.15, 0.2) is 18.5 Å². The summed E-state index contributed by atoms with van der Waals surface area (Å²) in [5, 5.41) is 6.30. The summed E-state index contributed by atoms with van der Waals surface area (Å²) in [5.41, 5.74) is -0.670. The van der Waals surface area contributed by atoms with Crippen molar-refractivity contribution in [3.8, 4) is 0 Å². The van der Waals surface area contributed by atoms with E-state index < -0.39 is 11.9 Å². The highest BCUT2D eigenvalue weighted by atomic mass is 35.5. The van der Waals surface area contributed by atoms with Gasteiger partial charge in [-0.3, -0.25) is 0 Å². The normalized spacial score (nSPS) is 13.7. The van der Waals surface area contributed by atoms with Crippen molar-refractivity contribution in [1.82, 2.24) is 14.6 Å². The fraction of sp³-hybridized carbons (Fsp3) is 0.455. The number of nitrogens with zero attached hydrogens (tertiary/aromatic N) is 3. The van der Waals surface area contributed by atoms with Crippen LogP contribution in [0.4, 0.5) is 19.0 Å². The highest BCUT2D eigenvalue weighted by Crippen LogP contribution is 2.30. The van der Waals surface area contributed by atoms with Crippen LogP contribution >= 0.6 is 11.6 Å². The third-order valence-electron chi connectivity index (χ3n) is 2.61. The van der Waals surface area contributed by atoms with E-state index in [1.54, 1.807) is 0 Å². The van der Waals surface area contributed by atoms with E-state index in [2.05, 4.69) is 15.4 Å². The van der Waals surface area contributed by atoms with Gasteiger partial charge in [-0.2, -0.15) is 18.3 Å². The predicted molar refractivity (Wildman–Crippen MR) is 66.4 cm³/mol. The maximum Gasteiger partial charge on any atom is 0.435 e. The SMILES string of the molecule is CCC(Cl)CNc1nccn2nc(C(F)(F)F)cc12. The van der Waals surface area contributed by atoms with Gasteiger partial charge in [0.15, 0.2) is 11.5 Å². The van der Waals surface area contributed by atoms with E-state index in [0.29, 0.717) is 12.4 Å². The van der Waals surface area contributed by atoms with E-state index in [4.69, 9.17) is 11.6 Å². The minimum absolute atomic E-state index is 0.105. The van der Waals surface area contributed by atoms with Crippen molar-refractivity contribution in [2.24, 2.45) is 0 Å². The van der Waals surface area contributed by atoms with Gasteiger partial charge in [-0.15, -0.1) is 11.6 Å². The third kappa shape index (κ3) is 3.09. The Labute approximate surface area is 112 Å². The van der Waals surface area contributed by atoms with E-state index in [-0.39, 0.29) is 10.9 Å². The van der Waals surface area contributed by atoms with Crippen molar-refractivity contribution >= 4 is 22.9 Å². The molecule has 0 spiro atoms. The fourth-order valence-corrected chi connectivity index (χ4v) is 1.63. The lowest BCUT2D eigenvalue weighted by Gasteiger charge is -2.09. The van der Waals surface area contributed by atoms with E-state index in [0.717, 1.165) is 17.0 Å². The smallest absolute Gasteiger partial charge is 0.367 e. The largest absolute Gasteiger partial charge is 0.435 e. The van der Waals surface area contributed by atoms with Crippen LogP contribution in [-0.4, -0.2) is 26.5 Å². The number of alkyl halides is 4. The lowest BCUT2D eigenvalue weighted by Crippen LogP contribution is -2.14. The lowest BCUT2D eigenvalue weighted by molar-refractivity contribution is -0.141. The highest BCUT2D eigenvalue weighted by Gasteiger charge is 2.34. The molecule has 1 unspecified atom stereocenters. The minimum atomic E-state index is -4.47. The van der Waals surface area contributed by atoms with Crippen molar-refractivity contribution in [2.45, 2.75) is 24.9 Å². The Hall–Kier alpha value is -1.50. The van der Waals surface area contributed by atoms with Crippen LogP contribution in [0.1, 0.15) is 19.0 Å². The van der Waals surface area contributed by atoms with Crippen molar-refractivity contribution in [3.63, 3.8) is 0 Å². The van der Waals surface area contributed by atoms with Crippen LogP contribution in [0.3, 0.4) is 0 Å². The molecule has 2 heterocycles. The van der Waals surface area contributed by atoms with Crippen molar-refractivity contribution in [3.05, 3.63) is 24.2 Å². The molecule has 1 N–H and O–H groups in total. The molecule has 104 valence electrons. The second-order valence-electron chi connectivity index (χ2n) is 4.02. The predicted octanol–water partition coefficient (Wildman–Crippen LogP) is 3.18. The molecule has 0 fully saturated rings. The number of aromatic nitrogens is 3. The summed E-state index contributed by atoms with van der Waals surface area (Å²) >= 11 is 5.95. The molecule has 0 aliphatic carbocycles. The monoisotopic (exact) mass is 292 g/mol. The molecule has 19 heavy (non-hydrogen) atoms.